The number of rotatable bonds is 2. The van der Waals surface area contributed by atoms with E-state index in [4.69, 9.17) is 4.52 Å². The summed E-state index contributed by atoms with van der Waals surface area (Å²) >= 11 is 0. The van der Waals surface area contributed by atoms with Crippen LogP contribution in [-0.2, 0) is 0 Å². The Kier molecular flexibility index (Phi) is 3.25. The molecule has 0 aliphatic carbocycles. The average Bonchev–Trinajstić information content (AvgIpc) is 2.89. The fourth-order valence-electron chi connectivity index (χ4n) is 2.36. The largest absolute Gasteiger partial charge is 0.339 e. The topological polar surface area (TPSA) is 76.7 Å². The van der Waals surface area contributed by atoms with Gasteiger partial charge in [0.15, 0.2) is 0 Å². The van der Waals surface area contributed by atoms with Gasteiger partial charge in [-0.15, -0.1) is 0 Å². The van der Waals surface area contributed by atoms with Gasteiger partial charge in [-0.3, -0.25) is 0 Å². The van der Waals surface area contributed by atoms with Crippen LogP contribution in [0.2, 0.25) is 0 Å². The maximum Gasteiger partial charge on any atom is 0.240 e. The molecule has 0 amide bonds. The maximum atomic E-state index is 5.37. The maximum absolute atomic E-state index is 5.37. The van der Waals surface area contributed by atoms with E-state index in [1.807, 2.05) is 6.92 Å². The molecule has 1 aliphatic heterocycles. The normalized spacial score (nSPS) is 23.5. The van der Waals surface area contributed by atoms with Crippen molar-refractivity contribution in [2.75, 3.05) is 6.54 Å². The SMILES string of the molecule is Cc1cnc(-c2noc(C3CCNC(C)C3)n2)nc1. The molecule has 6 heteroatoms. The van der Waals surface area contributed by atoms with Crippen molar-refractivity contribution in [2.45, 2.75) is 38.6 Å². The number of nitrogens with one attached hydrogen (secondary N) is 1. The average molecular weight is 259 g/mol. The molecule has 2 aromatic heterocycles. The third-order valence-electron chi connectivity index (χ3n) is 3.40. The van der Waals surface area contributed by atoms with Crippen molar-refractivity contribution in [1.82, 2.24) is 25.4 Å². The number of piperidine rings is 1. The van der Waals surface area contributed by atoms with Gasteiger partial charge in [0.1, 0.15) is 0 Å². The number of hydrogen-bond donors (Lipinski definition) is 1. The van der Waals surface area contributed by atoms with Gasteiger partial charge in [-0.05, 0) is 38.8 Å². The second-order valence-corrected chi connectivity index (χ2v) is 5.12. The van der Waals surface area contributed by atoms with Crippen molar-refractivity contribution in [2.24, 2.45) is 0 Å². The fourth-order valence-corrected chi connectivity index (χ4v) is 2.36. The minimum Gasteiger partial charge on any atom is -0.339 e. The molecule has 19 heavy (non-hydrogen) atoms. The van der Waals surface area contributed by atoms with E-state index in [1.165, 1.54) is 0 Å². The van der Waals surface area contributed by atoms with Crippen LogP contribution in [0.1, 0.15) is 37.1 Å². The van der Waals surface area contributed by atoms with E-state index < -0.39 is 0 Å². The van der Waals surface area contributed by atoms with E-state index in [2.05, 4.69) is 32.3 Å². The Morgan fingerprint density at radius 3 is 2.79 bits per heavy atom. The second-order valence-electron chi connectivity index (χ2n) is 5.12. The molecule has 100 valence electrons. The molecule has 0 saturated carbocycles. The van der Waals surface area contributed by atoms with Gasteiger partial charge < -0.3 is 9.84 Å². The predicted molar refractivity (Wildman–Crippen MR) is 69.5 cm³/mol. The quantitative estimate of drug-likeness (QED) is 0.884. The number of hydrogen-bond acceptors (Lipinski definition) is 6. The van der Waals surface area contributed by atoms with Gasteiger partial charge in [-0.25, -0.2) is 9.97 Å². The Morgan fingerprint density at radius 2 is 2.05 bits per heavy atom. The van der Waals surface area contributed by atoms with Gasteiger partial charge in [0.05, 0.1) is 0 Å². The molecule has 0 spiro atoms. The van der Waals surface area contributed by atoms with Gasteiger partial charge in [0, 0.05) is 24.4 Å². The summed E-state index contributed by atoms with van der Waals surface area (Å²) in [6.07, 6.45) is 5.56. The van der Waals surface area contributed by atoms with Crippen LogP contribution in [0.3, 0.4) is 0 Å². The molecular weight excluding hydrogens is 242 g/mol. The summed E-state index contributed by atoms with van der Waals surface area (Å²) in [5.41, 5.74) is 1.01. The van der Waals surface area contributed by atoms with Gasteiger partial charge >= 0.3 is 0 Å². The molecule has 0 aromatic carbocycles. The minimum atomic E-state index is 0.336. The molecule has 1 fully saturated rings. The lowest BCUT2D eigenvalue weighted by molar-refractivity contribution is 0.295. The summed E-state index contributed by atoms with van der Waals surface area (Å²) in [6.45, 7) is 5.11. The van der Waals surface area contributed by atoms with Gasteiger partial charge in [0.25, 0.3) is 0 Å². The zero-order valence-electron chi connectivity index (χ0n) is 11.1. The molecule has 3 rings (SSSR count). The highest BCUT2D eigenvalue weighted by molar-refractivity contribution is 5.41. The smallest absolute Gasteiger partial charge is 0.240 e. The van der Waals surface area contributed by atoms with Crippen molar-refractivity contribution in [3.05, 3.63) is 23.8 Å². The Labute approximate surface area is 111 Å². The van der Waals surface area contributed by atoms with E-state index in [1.54, 1.807) is 12.4 Å². The Balaban J connectivity index is 1.81. The van der Waals surface area contributed by atoms with Crippen LogP contribution in [0.25, 0.3) is 11.6 Å². The van der Waals surface area contributed by atoms with Crippen LogP contribution in [0, 0.1) is 6.92 Å². The van der Waals surface area contributed by atoms with Crippen molar-refractivity contribution < 1.29 is 4.52 Å². The van der Waals surface area contributed by atoms with Crippen LogP contribution in [-0.4, -0.2) is 32.7 Å². The first-order chi connectivity index (χ1) is 9.22. The third kappa shape index (κ3) is 2.63. The second kappa shape index (κ2) is 5.05. The predicted octanol–water partition coefficient (Wildman–Crippen LogP) is 1.69. The first-order valence-electron chi connectivity index (χ1n) is 6.58. The van der Waals surface area contributed by atoms with E-state index in [0.717, 1.165) is 24.9 Å². The molecule has 0 radical (unpaired) electrons. The zero-order valence-corrected chi connectivity index (χ0v) is 11.1. The number of aryl methyl sites for hydroxylation is 1. The molecule has 1 aliphatic rings. The lowest BCUT2D eigenvalue weighted by atomic mass is 9.93. The zero-order chi connectivity index (χ0) is 13.2. The molecule has 2 atom stereocenters. The van der Waals surface area contributed by atoms with E-state index in [9.17, 15) is 0 Å². The summed E-state index contributed by atoms with van der Waals surface area (Å²) in [5.74, 6) is 2.03. The van der Waals surface area contributed by atoms with Crippen LogP contribution in [0.5, 0.6) is 0 Å². The standard InChI is InChI=1S/C13H17N5O/c1-8-6-15-11(16-7-8)12-17-13(19-18-12)10-3-4-14-9(2)5-10/h6-7,9-10,14H,3-5H2,1-2H3. The van der Waals surface area contributed by atoms with E-state index in [0.29, 0.717) is 29.5 Å². The summed E-state index contributed by atoms with van der Waals surface area (Å²) in [4.78, 5) is 12.9. The molecule has 1 N–H and O–H groups in total. The van der Waals surface area contributed by atoms with Crippen molar-refractivity contribution in [3.8, 4) is 11.6 Å². The molecule has 3 heterocycles. The summed E-state index contributed by atoms with van der Waals surface area (Å²) < 4.78 is 5.37. The first kappa shape index (κ1) is 12.2. The number of nitrogens with zero attached hydrogens (tertiary/aromatic N) is 4. The third-order valence-corrected chi connectivity index (χ3v) is 3.40. The van der Waals surface area contributed by atoms with Crippen molar-refractivity contribution in [1.29, 1.82) is 0 Å². The van der Waals surface area contributed by atoms with Crippen LogP contribution < -0.4 is 5.32 Å². The lowest BCUT2D eigenvalue weighted by Gasteiger charge is -2.25. The molecule has 1 saturated heterocycles. The van der Waals surface area contributed by atoms with Crippen LogP contribution in [0.15, 0.2) is 16.9 Å². The van der Waals surface area contributed by atoms with Gasteiger partial charge in [-0.2, -0.15) is 4.98 Å². The van der Waals surface area contributed by atoms with Gasteiger partial charge in [0.2, 0.25) is 17.5 Å². The van der Waals surface area contributed by atoms with Gasteiger partial charge in [-0.1, -0.05) is 5.16 Å². The summed E-state index contributed by atoms with van der Waals surface area (Å²) in [5, 5.41) is 7.40. The number of aromatic nitrogens is 4. The van der Waals surface area contributed by atoms with Crippen LogP contribution >= 0.6 is 0 Å². The van der Waals surface area contributed by atoms with E-state index >= 15 is 0 Å². The van der Waals surface area contributed by atoms with Crippen molar-refractivity contribution >= 4 is 0 Å². The lowest BCUT2D eigenvalue weighted by Crippen LogP contribution is -2.34. The fraction of sp³-hybridized carbons (Fsp3) is 0.538. The molecule has 2 aromatic rings. The molecule has 0 bridgehead atoms. The van der Waals surface area contributed by atoms with E-state index in [-0.39, 0.29) is 0 Å². The molecular formula is C13H17N5O. The first-order valence-corrected chi connectivity index (χ1v) is 6.58. The molecule has 2 unspecified atom stereocenters. The molecule has 6 nitrogen and oxygen atoms in total. The summed E-state index contributed by atoms with van der Waals surface area (Å²) in [7, 11) is 0. The minimum absolute atomic E-state index is 0.336. The van der Waals surface area contributed by atoms with Crippen molar-refractivity contribution in [3.63, 3.8) is 0 Å². The highest BCUT2D eigenvalue weighted by atomic mass is 16.5. The summed E-state index contributed by atoms with van der Waals surface area (Å²) in [6, 6.07) is 0.490. The van der Waals surface area contributed by atoms with Crippen LogP contribution in [0.4, 0.5) is 0 Å². The Hall–Kier alpha value is -1.82. The Morgan fingerprint density at radius 1 is 1.26 bits per heavy atom. The highest BCUT2D eigenvalue weighted by Crippen LogP contribution is 2.27. The highest BCUT2D eigenvalue weighted by Gasteiger charge is 2.25. The Bertz CT molecular complexity index is 550. The monoisotopic (exact) mass is 259 g/mol.